The monoisotopic (exact) mass is 479 g/mol. The van der Waals surface area contributed by atoms with Gasteiger partial charge in [-0.1, -0.05) is 24.3 Å². The van der Waals surface area contributed by atoms with E-state index in [9.17, 15) is 15.0 Å². The lowest BCUT2D eigenvalue weighted by Crippen LogP contribution is -2.61. The molecule has 3 saturated heterocycles. The molecule has 0 spiro atoms. The second-order valence-corrected chi connectivity index (χ2v) is 10.3. The molecular weight excluding hydrogens is 442 g/mol. The van der Waals surface area contributed by atoms with Crippen molar-refractivity contribution in [1.29, 1.82) is 0 Å². The highest BCUT2D eigenvalue weighted by Gasteiger charge is 2.40. The maximum atomic E-state index is 13.3. The number of phenolic OH excluding ortho intramolecular Hbond substituents is 2. The zero-order chi connectivity index (χ0) is 24.3. The Hall–Kier alpha value is -2.61. The number of rotatable bonds is 7. The van der Waals surface area contributed by atoms with Gasteiger partial charge in [-0.05, 0) is 62.1 Å². The number of benzene rings is 2. The van der Waals surface area contributed by atoms with Crippen LogP contribution in [0.3, 0.4) is 0 Å². The summed E-state index contributed by atoms with van der Waals surface area (Å²) in [6.07, 6.45) is 3.86. The summed E-state index contributed by atoms with van der Waals surface area (Å²) in [5, 5.41) is 20.2. The third-order valence-corrected chi connectivity index (χ3v) is 8.10. The fraction of sp³-hybridized carbons (Fsp3) is 0.536. The number of ether oxygens (including phenoxy) is 1. The molecule has 0 aromatic heterocycles. The summed E-state index contributed by atoms with van der Waals surface area (Å²) in [5.41, 5.74) is 1.49. The number of carbonyl (C=O) groups excluding carboxylic acids is 1. The molecule has 2 aromatic rings. The first-order valence-corrected chi connectivity index (χ1v) is 12.9. The molecule has 2 N–H and O–H groups in total. The van der Waals surface area contributed by atoms with Crippen molar-refractivity contribution in [2.45, 2.75) is 37.1 Å². The Morgan fingerprint density at radius 1 is 1.00 bits per heavy atom. The minimum atomic E-state index is -0.234. The van der Waals surface area contributed by atoms with E-state index in [1.165, 1.54) is 0 Å². The van der Waals surface area contributed by atoms with Gasteiger partial charge in [0.2, 0.25) is 0 Å². The molecule has 0 radical (unpaired) electrons. The zero-order valence-electron chi connectivity index (χ0n) is 20.4. The van der Waals surface area contributed by atoms with Gasteiger partial charge in [0.05, 0.1) is 13.2 Å². The van der Waals surface area contributed by atoms with Crippen molar-refractivity contribution in [3.63, 3.8) is 0 Å². The van der Waals surface area contributed by atoms with Crippen LogP contribution in [0.4, 0.5) is 0 Å². The number of piperidine rings is 1. The first kappa shape index (κ1) is 24.1. The predicted molar refractivity (Wildman–Crippen MR) is 135 cm³/mol. The molecule has 1 atom stereocenters. The lowest BCUT2D eigenvalue weighted by atomic mass is 9.70. The minimum Gasteiger partial charge on any atom is -0.504 e. The van der Waals surface area contributed by atoms with Crippen LogP contribution in [-0.2, 0) is 10.2 Å². The van der Waals surface area contributed by atoms with Crippen molar-refractivity contribution in [2.75, 3.05) is 59.0 Å². The summed E-state index contributed by atoms with van der Waals surface area (Å²) < 4.78 is 5.48. The number of phenols is 2. The molecule has 5 rings (SSSR count). The van der Waals surface area contributed by atoms with Crippen LogP contribution in [-0.4, -0.2) is 95.9 Å². The van der Waals surface area contributed by atoms with Crippen molar-refractivity contribution < 1.29 is 19.7 Å². The average molecular weight is 480 g/mol. The Kier molecular flexibility index (Phi) is 7.27. The molecule has 1 unspecified atom stereocenters. The van der Waals surface area contributed by atoms with Crippen LogP contribution in [0, 0.1) is 0 Å². The highest BCUT2D eigenvalue weighted by Crippen LogP contribution is 2.41. The van der Waals surface area contributed by atoms with E-state index < -0.39 is 0 Å². The van der Waals surface area contributed by atoms with Gasteiger partial charge in [-0.15, -0.1) is 0 Å². The summed E-state index contributed by atoms with van der Waals surface area (Å²) in [6, 6.07) is 15.3. The van der Waals surface area contributed by atoms with Gasteiger partial charge in [-0.2, -0.15) is 0 Å². The topological polar surface area (TPSA) is 76.5 Å². The maximum absolute atomic E-state index is 13.3. The lowest BCUT2D eigenvalue weighted by Gasteiger charge is -2.47. The Morgan fingerprint density at radius 3 is 2.51 bits per heavy atom. The quantitative estimate of drug-likeness (QED) is 0.595. The van der Waals surface area contributed by atoms with Gasteiger partial charge >= 0.3 is 0 Å². The van der Waals surface area contributed by atoms with Gasteiger partial charge in [-0.3, -0.25) is 9.69 Å². The van der Waals surface area contributed by atoms with Gasteiger partial charge in [0.25, 0.3) is 5.91 Å². The van der Waals surface area contributed by atoms with Crippen LogP contribution in [0.15, 0.2) is 48.5 Å². The van der Waals surface area contributed by atoms with E-state index in [0.717, 1.165) is 83.7 Å². The second-order valence-electron chi connectivity index (χ2n) is 10.3. The minimum absolute atomic E-state index is 0.0637. The Bertz CT molecular complexity index is 1000. The van der Waals surface area contributed by atoms with E-state index in [2.05, 4.69) is 9.80 Å². The number of hydrogen-bond donors (Lipinski definition) is 2. The summed E-state index contributed by atoms with van der Waals surface area (Å²) in [7, 11) is 0. The summed E-state index contributed by atoms with van der Waals surface area (Å²) >= 11 is 0. The Morgan fingerprint density at radius 2 is 1.77 bits per heavy atom. The highest BCUT2D eigenvalue weighted by atomic mass is 16.5. The van der Waals surface area contributed by atoms with E-state index >= 15 is 0 Å². The van der Waals surface area contributed by atoms with Gasteiger partial charge < -0.3 is 24.7 Å². The van der Waals surface area contributed by atoms with Crippen LogP contribution in [0.25, 0.3) is 0 Å². The largest absolute Gasteiger partial charge is 0.504 e. The summed E-state index contributed by atoms with van der Waals surface area (Å²) in [4.78, 5) is 20.3. The molecule has 0 bridgehead atoms. The third kappa shape index (κ3) is 5.32. The van der Waals surface area contributed by atoms with Gasteiger partial charge in [0.15, 0.2) is 11.5 Å². The Labute approximate surface area is 207 Å². The molecule has 7 heteroatoms. The Balaban J connectivity index is 1.26. The number of carbonyl (C=O) groups is 1. The van der Waals surface area contributed by atoms with E-state index in [1.54, 1.807) is 12.1 Å². The maximum Gasteiger partial charge on any atom is 0.253 e. The predicted octanol–water partition coefficient (Wildman–Crippen LogP) is 3.07. The standard InChI is InChI=1S/C28H37N3O4/c32-25-9-8-23(18-26(25)33)28(10-4-12-29-19-24(20-29)30-14-16-35-17-15-30)11-5-13-31(21-28)27(34)22-6-2-1-3-7-22/h1-3,6-9,18,24,32-33H,4-5,10-17,19-21H2. The molecular formula is C28H37N3O4. The number of likely N-dealkylation sites (tertiary alicyclic amines) is 2. The number of morpholine rings is 1. The average Bonchev–Trinajstić information content (AvgIpc) is 2.87. The number of hydrogen-bond acceptors (Lipinski definition) is 6. The zero-order valence-corrected chi connectivity index (χ0v) is 20.4. The van der Waals surface area contributed by atoms with Gasteiger partial charge in [0.1, 0.15) is 0 Å². The molecule has 0 saturated carbocycles. The molecule has 35 heavy (non-hydrogen) atoms. The van der Waals surface area contributed by atoms with Crippen LogP contribution in [0.5, 0.6) is 11.5 Å². The van der Waals surface area contributed by atoms with Crippen LogP contribution in [0.2, 0.25) is 0 Å². The molecule has 0 aliphatic carbocycles. The van der Waals surface area contributed by atoms with Crippen molar-refractivity contribution >= 4 is 5.91 Å². The van der Waals surface area contributed by atoms with E-state index in [-0.39, 0.29) is 22.8 Å². The van der Waals surface area contributed by atoms with E-state index in [4.69, 9.17) is 4.74 Å². The molecule has 7 nitrogen and oxygen atoms in total. The van der Waals surface area contributed by atoms with Gasteiger partial charge in [-0.25, -0.2) is 0 Å². The lowest BCUT2D eigenvalue weighted by molar-refractivity contribution is -0.0327. The summed E-state index contributed by atoms with van der Waals surface area (Å²) in [5.74, 6) is -0.134. The fourth-order valence-electron chi connectivity index (χ4n) is 6.05. The first-order chi connectivity index (χ1) is 17.0. The molecule has 3 heterocycles. The molecule has 188 valence electrons. The SMILES string of the molecule is O=C(c1ccccc1)N1CCCC(CCCN2CC(N3CCOCC3)C2)(c2ccc(O)c(O)c2)C1. The number of aromatic hydroxyl groups is 2. The molecule has 2 aromatic carbocycles. The number of nitrogens with zero attached hydrogens (tertiary/aromatic N) is 3. The molecule has 3 aliphatic rings. The van der Waals surface area contributed by atoms with Crippen LogP contribution < -0.4 is 0 Å². The smallest absolute Gasteiger partial charge is 0.253 e. The van der Waals surface area contributed by atoms with Gasteiger partial charge in [0, 0.05) is 56.3 Å². The van der Waals surface area contributed by atoms with Crippen LogP contribution >= 0.6 is 0 Å². The normalized spacial score (nSPS) is 24.3. The second kappa shape index (κ2) is 10.6. The van der Waals surface area contributed by atoms with Crippen molar-refractivity contribution in [1.82, 2.24) is 14.7 Å². The molecule has 1 amide bonds. The van der Waals surface area contributed by atoms with E-state index in [1.807, 2.05) is 41.3 Å². The number of amides is 1. The van der Waals surface area contributed by atoms with Crippen molar-refractivity contribution in [2.24, 2.45) is 0 Å². The third-order valence-electron chi connectivity index (χ3n) is 8.10. The van der Waals surface area contributed by atoms with Crippen molar-refractivity contribution in [3.8, 4) is 11.5 Å². The first-order valence-electron chi connectivity index (χ1n) is 12.9. The molecule has 3 aliphatic heterocycles. The van der Waals surface area contributed by atoms with E-state index in [0.29, 0.717) is 18.2 Å². The summed E-state index contributed by atoms with van der Waals surface area (Å²) in [6.45, 7) is 8.41. The highest BCUT2D eigenvalue weighted by molar-refractivity contribution is 5.94. The fourth-order valence-corrected chi connectivity index (χ4v) is 6.05. The van der Waals surface area contributed by atoms with Crippen LogP contribution in [0.1, 0.15) is 41.6 Å². The van der Waals surface area contributed by atoms with Crippen molar-refractivity contribution in [3.05, 3.63) is 59.7 Å². The molecule has 3 fully saturated rings.